The second kappa shape index (κ2) is 3.49. The Morgan fingerprint density at radius 1 is 1.43 bits per heavy atom. The van der Waals surface area contributed by atoms with Crippen molar-refractivity contribution in [2.45, 2.75) is 0 Å². The number of carbonyl (C=O) groups excluding carboxylic acids is 1. The predicted octanol–water partition coefficient (Wildman–Crippen LogP) is 0.562. The van der Waals surface area contributed by atoms with E-state index in [4.69, 9.17) is 10.5 Å². The Labute approximate surface area is 81.4 Å². The molecular formula is C10H10N2O2. The first-order chi connectivity index (χ1) is 6.79. The van der Waals surface area contributed by atoms with Gasteiger partial charge < -0.3 is 10.5 Å². The number of carbonyl (C=O) groups is 1. The quantitative estimate of drug-likeness (QED) is 0.740. The third kappa shape index (κ3) is 1.46. The van der Waals surface area contributed by atoms with Gasteiger partial charge in [-0.15, -0.1) is 0 Å². The average molecular weight is 190 g/mol. The second-order valence-corrected chi connectivity index (χ2v) is 2.95. The second-order valence-electron chi connectivity index (χ2n) is 2.95. The minimum Gasteiger partial charge on any atom is -0.475 e. The molecule has 1 aliphatic rings. The van der Waals surface area contributed by atoms with Crippen LogP contribution in [0.4, 0.5) is 0 Å². The van der Waals surface area contributed by atoms with Crippen LogP contribution in [-0.2, 0) is 4.74 Å². The van der Waals surface area contributed by atoms with Gasteiger partial charge in [0.1, 0.15) is 6.61 Å². The highest BCUT2D eigenvalue weighted by Crippen LogP contribution is 2.12. The molecule has 0 unspecified atom stereocenters. The summed E-state index contributed by atoms with van der Waals surface area (Å²) in [6, 6.07) is 7.04. The minimum atomic E-state index is -0.459. The van der Waals surface area contributed by atoms with E-state index in [9.17, 15) is 4.79 Å². The van der Waals surface area contributed by atoms with Crippen molar-refractivity contribution in [2.24, 2.45) is 10.7 Å². The van der Waals surface area contributed by atoms with Crippen LogP contribution in [0.2, 0.25) is 0 Å². The Hall–Kier alpha value is -1.84. The molecule has 0 radical (unpaired) electrons. The van der Waals surface area contributed by atoms with Crippen molar-refractivity contribution in [1.82, 2.24) is 0 Å². The average Bonchev–Trinajstić information content (AvgIpc) is 2.70. The van der Waals surface area contributed by atoms with E-state index in [-0.39, 0.29) is 0 Å². The van der Waals surface area contributed by atoms with Crippen molar-refractivity contribution in [1.29, 1.82) is 0 Å². The molecule has 4 heteroatoms. The highest BCUT2D eigenvalue weighted by Gasteiger charge is 2.16. The highest BCUT2D eigenvalue weighted by molar-refractivity contribution is 6.06. The molecule has 4 nitrogen and oxygen atoms in total. The Morgan fingerprint density at radius 3 is 2.86 bits per heavy atom. The summed E-state index contributed by atoms with van der Waals surface area (Å²) < 4.78 is 5.27. The van der Waals surface area contributed by atoms with Crippen LogP contribution in [0.15, 0.2) is 29.3 Å². The Morgan fingerprint density at radius 2 is 2.21 bits per heavy atom. The van der Waals surface area contributed by atoms with Gasteiger partial charge in [0.2, 0.25) is 11.8 Å². The number of nitrogens with zero attached hydrogens (tertiary/aromatic N) is 1. The number of primary amides is 1. The van der Waals surface area contributed by atoms with Crippen molar-refractivity contribution in [3.8, 4) is 0 Å². The number of rotatable bonds is 2. The highest BCUT2D eigenvalue weighted by atomic mass is 16.5. The molecule has 72 valence electrons. The van der Waals surface area contributed by atoms with Crippen LogP contribution in [0.25, 0.3) is 0 Å². The smallest absolute Gasteiger partial charge is 0.249 e. The first-order valence-corrected chi connectivity index (χ1v) is 4.35. The summed E-state index contributed by atoms with van der Waals surface area (Å²) in [5, 5.41) is 0. The molecule has 0 bridgehead atoms. The zero-order valence-electron chi connectivity index (χ0n) is 7.56. The number of ether oxygens (including phenoxy) is 1. The monoisotopic (exact) mass is 190 g/mol. The van der Waals surface area contributed by atoms with E-state index in [0.29, 0.717) is 30.2 Å². The molecule has 1 aromatic carbocycles. The van der Waals surface area contributed by atoms with E-state index in [1.807, 2.05) is 6.07 Å². The summed E-state index contributed by atoms with van der Waals surface area (Å²) >= 11 is 0. The number of aliphatic imine (C=N–C) groups is 1. The predicted molar refractivity (Wildman–Crippen MR) is 52.3 cm³/mol. The largest absolute Gasteiger partial charge is 0.475 e. The van der Waals surface area contributed by atoms with Crippen molar-refractivity contribution in [2.75, 3.05) is 13.2 Å². The lowest BCUT2D eigenvalue weighted by Gasteiger charge is -2.05. The van der Waals surface area contributed by atoms with Crippen LogP contribution in [-0.4, -0.2) is 25.0 Å². The molecule has 0 fully saturated rings. The van der Waals surface area contributed by atoms with Gasteiger partial charge in [-0.25, -0.2) is 4.99 Å². The number of hydrogen-bond acceptors (Lipinski definition) is 3. The summed E-state index contributed by atoms with van der Waals surface area (Å²) in [5.74, 6) is 0.0539. The van der Waals surface area contributed by atoms with Gasteiger partial charge in [-0.3, -0.25) is 4.79 Å². The van der Waals surface area contributed by atoms with Crippen LogP contribution < -0.4 is 5.73 Å². The van der Waals surface area contributed by atoms with Gasteiger partial charge in [0.05, 0.1) is 12.1 Å². The third-order valence-corrected chi connectivity index (χ3v) is 2.01. The maximum absolute atomic E-state index is 11.1. The zero-order valence-corrected chi connectivity index (χ0v) is 7.56. The van der Waals surface area contributed by atoms with E-state index in [1.54, 1.807) is 18.2 Å². The first-order valence-electron chi connectivity index (χ1n) is 4.35. The molecule has 1 aromatic rings. The van der Waals surface area contributed by atoms with E-state index in [1.165, 1.54) is 0 Å². The van der Waals surface area contributed by atoms with Gasteiger partial charge in [0.15, 0.2) is 0 Å². The van der Waals surface area contributed by atoms with E-state index in [0.717, 1.165) is 0 Å². The molecule has 0 atom stereocenters. The molecule has 2 rings (SSSR count). The Balaban J connectivity index is 2.46. The van der Waals surface area contributed by atoms with Crippen molar-refractivity contribution < 1.29 is 9.53 Å². The number of hydrogen-bond donors (Lipinski definition) is 1. The standard InChI is InChI=1S/C10H10N2O2/c11-9(13)7-3-1-2-4-8(7)10-12-5-6-14-10/h1-4H,5-6H2,(H2,11,13). The van der Waals surface area contributed by atoms with Crippen molar-refractivity contribution in [3.63, 3.8) is 0 Å². The maximum atomic E-state index is 11.1. The lowest BCUT2D eigenvalue weighted by molar-refractivity contribution is 0.1000. The molecular weight excluding hydrogens is 180 g/mol. The van der Waals surface area contributed by atoms with Crippen molar-refractivity contribution in [3.05, 3.63) is 35.4 Å². The third-order valence-electron chi connectivity index (χ3n) is 2.01. The lowest BCUT2D eigenvalue weighted by Crippen LogP contribution is -2.16. The molecule has 1 amide bonds. The zero-order chi connectivity index (χ0) is 9.97. The summed E-state index contributed by atoms with van der Waals surface area (Å²) in [4.78, 5) is 15.2. The number of benzene rings is 1. The molecule has 0 aromatic heterocycles. The van der Waals surface area contributed by atoms with Gasteiger partial charge in [-0.2, -0.15) is 0 Å². The van der Waals surface area contributed by atoms with Gasteiger partial charge in [0, 0.05) is 5.56 Å². The lowest BCUT2D eigenvalue weighted by atomic mass is 10.1. The molecule has 1 aliphatic heterocycles. The van der Waals surface area contributed by atoms with Crippen LogP contribution in [0.1, 0.15) is 15.9 Å². The summed E-state index contributed by atoms with van der Waals surface area (Å²) in [6.45, 7) is 1.21. The fourth-order valence-corrected chi connectivity index (χ4v) is 1.38. The first kappa shape index (κ1) is 8.74. The number of amides is 1. The van der Waals surface area contributed by atoms with Crippen LogP contribution in [0.5, 0.6) is 0 Å². The molecule has 2 N–H and O–H groups in total. The van der Waals surface area contributed by atoms with Gasteiger partial charge >= 0.3 is 0 Å². The van der Waals surface area contributed by atoms with Crippen LogP contribution in [0, 0.1) is 0 Å². The summed E-state index contributed by atoms with van der Waals surface area (Å²) in [5.41, 5.74) is 6.36. The molecule has 0 spiro atoms. The van der Waals surface area contributed by atoms with E-state index >= 15 is 0 Å². The summed E-state index contributed by atoms with van der Waals surface area (Å²) in [7, 11) is 0. The SMILES string of the molecule is NC(=O)c1ccccc1C1=NCCO1. The van der Waals surface area contributed by atoms with Crippen LogP contribution in [0.3, 0.4) is 0 Å². The van der Waals surface area contributed by atoms with Crippen LogP contribution >= 0.6 is 0 Å². The molecule has 0 aliphatic carbocycles. The van der Waals surface area contributed by atoms with Gasteiger partial charge in [-0.1, -0.05) is 12.1 Å². The summed E-state index contributed by atoms with van der Waals surface area (Å²) in [6.07, 6.45) is 0. The van der Waals surface area contributed by atoms with Gasteiger partial charge in [0.25, 0.3) is 0 Å². The van der Waals surface area contributed by atoms with E-state index < -0.39 is 5.91 Å². The fourth-order valence-electron chi connectivity index (χ4n) is 1.38. The molecule has 0 saturated heterocycles. The Kier molecular flexibility index (Phi) is 2.18. The van der Waals surface area contributed by atoms with Gasteiger partial charge in [-0.05, 0) is 12.1 Å². The molecule has 14 heavy (non-hydrogen) atoms. The fraction of sp³-hybridized carbons (Fsp3) is 0.200. The Bertz CT molecular complexity index is 399. The van der Waals surface area contributed by atoms with E-state index in [2.05, 4.69) is 4.99 Å². The molecule has 1 heterocycles. The normalized spacial score (nSPS) is 14.7. The number of nitrogens with two attached hydrogens (primary N) is 1. The molecule has 0 saturated carbocycles. The maximum Gasteiger partial charge on any atom is 0.249 e. The minimum absolute atomic E-state index is 0.452. The van der Waals surface area contributed by atoms with Crippen molar-refractivity contribution >= 4 is 11.8 Å². The topological polar surface area (TPSA) is 64.7 Å².